The van der Waals surface area contributed by atoms with Gasteiger partial charge in [0.1, 0.15) is 0 Å². The Balaban J connectivity index is 1.77. The third kappa shape index (κ3) is 3.80. The lowest BCUT2D eigenvalue weighted by Crippen LogP contribution is -2.51. The van der Waals surface area contributed by atoms with Crippen LogP contribution in [0.25, 0.3) is 0 Å². The number of esters is 1. The maximum absolute atomic E-state index is 13.6. The number of likely N-dealkylation sites (tertiary alicyclic amines) is 1. The molecule has 2 aromatic rings. The number of ether oxygens (including phenoxy) is 1. The summed E-state index contributed by atoms with van der Waals surface area (Å²) in [6.45, 7) is 6.78. The van der Waals surface area contributed by atoms with Crippen molar-refractivity contribution in [1.29, 1.82) is 0 Å². The summed E-state index contributed by atoms with van der Waals surface area (Å²) in [4.78, 5) is 28.9. The molecule has 0 radical (unpaired) electrons. The largest absolute Gasteiger partial charge is 0.466 e. The molecular formula is C27H31NO3. The monoisotopic (exact) mass is 417 g/mol. The van der Waals surface area contributed by atoms with Crippen molar-refractivity contribution in [3.8, 4) is 0 Å². The lowest BCUT2D eigenvalue weighted by Gasteiger charge is -2.44. The van der Waals surface area contributed by atoms with Gasteiger partial charge in [-0.25, -0.2) is 0 Å². The summed E-state index contributed by atoms with van der Waals surface area (Å²) >= 11 is 0. The molecule has 4 heteroatoms. The van der Waals surface area contributed by atoms with E-state index in [0.29, 0.717) is 13.2 Å². The fourth-order valence-electron chi connectivity index (χ4n) is 5.38. The Hall–Kier alpha value is -2.88. The fourth-order valence-corrected chi connectivity index (χ4v) is 5.38. The molecule has 4 rings (SSSR count). The van der Waals surface area contributed by atoms with E-state index in [4.69, 9.17) is 4.74 Å². The first-order valence-corrected chi connectivity index (χ1v) is 11.2. The number of nitrogens with zero attached hydrogens (tertiary/aromatic N) is 1. The lowest BCUT2D eigenvalue weighted by atomic mass is 9.59. The van der Waals surface area contributed by atoms with Crippen molar-refractivity contribution in [1.82, 2.24) is 4.90 Å². The second-order valence-corrected chi connectivity index (χ2v) is 8.94. The molecule has 5 atom stereocenters. The molecule has 31 heavy (non-hydrogen) atoms. The van der Waals surface area contributed by atoms with E-state index in [2.05, 4.69) is 31.2 Å². The SMILES string of the molecule is CCOC(=O)[C@]1(C)[C@@H]2[C@@H](C=C[C@@H]1C)C(=O)N(Cc1ccccc1)[C@H]2Cc1ccccc1. The smallest absolute Gasteiger partial charge is 0.312 e. The van der Waals surface area contributed by atoms with Crippen LogP contribution < -0.4 is 0 Å². The molecule has 162 valence electrons. The van der Waals surface area contributed by atoms with Crippen molar-refractivity contribution in [2.24, 2.45) is 23.2 Å². The summed E-state index contributed by atoms with van der Waals surface area (Å²) in [5.41, 5.74) is 1.52. The van der Waals surface area contributed by atoms with Gasteiger partial charge in [-0.15, -0.1) is 0 Å². The van der Waals surface area contributed by atoms with Gasteiger partial charge in [0.2, 0.25) is 5.91 Å². The summed E-state index contributed by atoms with van der Waals surface area (Å²) in [6.07, 6.45) is 4.78. The van der Waals surface area contributed by atoms with E-state index in [-0.39, 0.29) is 35.7 Å². The molecule has 1 aliphatic heterocycles. The number of hydrogen-bond donors (Lipinski definition) is 0. The Bertz CT molecular complexity index is 955. The van der Waals surface area contributed by atoms with Crippen molar-refractivity contribution in [3.63, 3.8) is 0 Å². The predicted octanol–water partition coefficient (Wildman–Crippen LogP) is 4.65. The molecule has 1 fully saturated rings. The second-order valence-electron chi connectivity index (χ2n) is 8.94. The number of carbonyl (C=O) groups is 2. The van der Waals surface area contributed by atoms with Crippen LogP contribution in [0.1, 0.15) is 31.9 Å². The highest BCUT2D eigenvalue weighted by Crippen LogP contribution is 2.53. The molecule has 1 heterocycles. The van der Waals surface area contributed by atoms with Gasteiger partial charge in [-0.05, 0) is 37.3 Å². The minimum Gasteiger partial charge on any atom is -0.466 e. The normalized spacial score (nSPS) is 29.6. The van der Waals surface area contributed by atoms with E-state index in [1.54, 1.807) is 0 Å². The average Bonchev–Trinajstić information content (AvgIpc) is 3.04. The van der Waals surface area contributed by atoms with E-state index >= 15 is 0 Å². The Morgan fingerprint density at radius 1 is 1.00 bits per heavy atom. The van der Waals surface area contributed by atoms with Gasteiger partial charge in [0, 0.05) is 18.5 Å². The van der Waals surface area contributed by atoms with Gasteiger partial charge in [0.15, 0.2) is 0 Å². The van der Waals surface area contributed by atoms with Gasteiger partial charge in [-0.1, -0.05) is 79.7 Å². The third-order valence-corrected chi connectivity index (χ3v) is 7.21. The Morgan fingerprint density at radius 3 is 2.23 bits per heavy atom. The molecular weight excluding hydrogens is 386 g/mol. The number of amides is 1. The zero-order valence-corrected chi connectivity index (χ0v) is 18.5. The van der Waals surface area contributed by atoms with Gasteiger partial charge in [0.05, 0.1) is 17.9 Å². The van der Waals surface area contributed by atoms with E-state index in [0.717, 1.165) is 12.0 Å². The first-order valence-electron chi connectivity index (χ1n) is 11.2. The Kier molecular flexibility index (Phi) is 5.99. The lowest BCUT2D eigenvalue weighted by molar-refractivity contribution is -0.163. The molecule has 2 aliphatic rings. The van der Waals surface area contributed by atoms with Crippen LogP contribution in [0.5, 0.6) is 0 Å². The van der Waals surface area contributed by atoms with Crippen LogP contribution in [0, 0.1) is 23.2 Å². The highest BCUT2D eigenvalue weighted by Gasteiger charge is 2.60. The standard InChI is InChI=1S/C27H31NO3/c1-4-31-26(30)27(3)19(2)15-16-22-24(27)23(17-20-11-7-5-8-12-20)28(25(22)29)18-21-13-9-6-10-14-21/h5-16,19,22-24H,4,17-18H2,1-3H3/t19-,22+,23-,24+,27-/m0/s1. The summed E-state index contributed by atoms with van der Waals surface area (Å²) in [6, 6.07) is 20.3. The number of fused-ring (bicyclic) bond motifs is 1. The highest BCUT2D eigenvalue weighted by atomic mass is 16.5. The quantitative estimate of drug-likeness (QED) is 0.508. The highest BCUT2D eigenvalue weighted by molar-refractivity contribution is 5.88. The zero-order valence-electron chi connectivity index (χ0n) is 18.5. The first-order chi connectivity index (χ1) is 15.0. The molecule has 4 nitrogen and oxygen atoms in total. The molecule has 0 N–H and O–H groups in total. The second kappa shape index (κ2) is 8.70. The topological polar surface area (TPSA) is 46.6 Å². The van der Waals surface area contributed by atoms with E-state index in [9.17, 15) is 9.59 Å². The zero-order chi connectivity index (χ0) is 22.0. The first kappa shape index (κ1) is 21.4. The number of benzene rings is 2. The molecule has 0 bridgehead atoms. The predicted molar refractivity (Wildman–Crippen MR) is 121 cm³/mol. The van der Waals surface area contributed by atoms with Gasteiger partial charge < -0.3 is 9.64 Å². The molecule has 1 saturated heterocycles. The molecule has 0 unspecified atom stereocenters. The summed E-state index contributed by atoms with van der Waals surface area (Å²) in [5, 5.41) is 0. The summed E-state index contributed by atoms with van der Waals surface area (Å²) in [7, 11) is 0. The van der Waals surface area contributed by atoms with Crippen molar-refractivity contribution in [3.05, 3.63) is 83.9 Å². The van der Waals surface area contributed by atoms with E-state index < -0.39 is 5.41 Å². The van der Waals surface area contributed by atoms with E-state index in [1.807, 2.05) is 67.3 Å². The minimum atomic E-state index is -0.754. The van der Waals surface area contributed by atoms with E-state index in [1.165, 1.54) is 5.56 Å². The van der Waals surface area contributed by atoms with Crippen molar-refractivity contribution in [2.75, 3.05) is 6.61 Å². The molecule has 0 saturated carbocycles. The molecule has 1 aliphatic carbocycles. The van der Waals surface area contributed by atoms with Crippen LogP contribution in [0.3, 0.4) is 0 Å². The number of hydrogen-bond acceptors (Lipinski definition) is 3. The van der Waals surface area contributed by atoms with Gasteiger partial charge in [0.25, 0.3) is 0 Å². The summed E-state index contributed by atoms with van der Waals surface area (Å²) < 4.78 is 5.55. The van der Waals surface area contributed by atoms with Crippen LogP contribution >= 0.6 is 0 Å². The van der Waals surface area contributed by atoms with Crippen LogP contribution in [-0.2, 0) is 27.3 Å². The van der Waals surface area contributed by atoms with Crippen LogP contribution in [0.2, 0.25) is 0 Å². The number of allylic oxidation sites excluding steroid dienone is 1. The Labute approximate surface area is 184 Å². The molecule has 1 amide bonds. The van der Waals surface area contributed by atoms with Crippen LogP contribution in [0.15, 0.2) is 72.8 Å². The van der Waals surface area contributed by atoms with Crippen molar-refractivity contribution >= 4 is 11.9 Å². The fraction of sp³-hybridized carbons (Fsp3) is 0.407. The third-order valence-electron chi connectivity index (χ3n) is 7.21. The van der Waals surface area contributed by atoms with Crippen LogP contribution in [0.4, 0.5) is 0 Å². The molecule has 0 spiro atoms. The number of rotatable bonds is 6. The Morgan fingerprint density at radius 2 is 1.61 bits per heavy atom. The van der Waals surface area contributed by atoms with Crippen molar-refractivity contribution in [2.45, 2.75) is 39.8 Å². The summed E-state index contributed by atoms with van der Waals surface area (Å²) in [5.74, 6) is -0.538. The van der Waals surface area contributed by atoms with Crippen molar-refractivity contribution < 1.29 is 14.3 Å². The van der Waals surface area contributed by atoms with Crippen LogP contribution in [-0.4, -0.2) is 29.4 Å². The van der Waals surface area contributed by atoms with Gasteiger partial charge >= 0.3 is 5.97 Å². The minimum absolute atomic E-state index is 0.00412. The maximum Gasteiger partial charge on any atom is 0.312 e. The maximum atomic E-state index is 13.6. The van der Waals surface area contributed by atoms with Gasteiger partial charge in [-0.2, -0.15) is 0 Å². The number of carbonyl (C=O) groups excluding carboxylic acids is 2. The molecule has 2 aromatic carbocycles. The average molecular weight is 418 g/mol. The molecule has 0 aromatic heterocycles. The van der Waals surface area contributed by atoms with Gasteiger partial charge in [-0.3, -0.25) is 9.59 Å².